The Labute approximate surface area is 170 Å². The van der Waals surface area contributed by atoms with Gasteiger partial charge in [-0.05, 0) is 80.1 Å². The first-order valence-corrected chi connectivity index (χ1v) is 11.2. The van der Waals surface area contributed by atoms with Crippen LogP contribution in [0.1, 0.15) is 44.1 Å². The molecule has 4 rings (SSSR count). The average Bonchev–Trinajstić information content (AvgIpc) is 3.11. The average molecular weight is 407 g/mol. The molecule has 3 heterocycles. The van der Waals surface area contributed by atoms with Gasteiger partial charge in [-0.2, -0.15) is 0 Å². The molecule has 2 saturated heterocycles. The first-order valence-electron chi connectivity index (χ1n) is 9.98. The topological polar surface area (TPSA) is 32.8 Å². The molecule has 0 N–H and O–H groups in total. The lowest BCUT2D eigenvalue weighted by Gasteiger charge is -2.41. The quantitative estimate of drug-likeness (QED) is 0.688. The second-order valence-corrected chi connectivity index (χ2v) is 8.91. The van der Waals surface area contributed by atoms with Crippen LogP contribution in [0.2, 0.25) is 5.02 Å². The van der Waals surface area contributed by atoms with Crippen molar-refractivity contribution in [2.24, 2.45) is 0 Å². The number of benzene rings is 1. The Balaban J connectivity index is 1.32. The molecule has 0 saturated carbocycles. The van der Waals surface area contributed by atoms with E-state index < -0.39 is 0 Å². The number of ether oxygens (including phenoxy) is 1. The van der Waals surface area contributed by atoms with Crippen molar-refractivity contribution in [3.63, 3.8) is 0 Å². The van der Waals surface area contributed by atoms with Gasteiger partial charge in [-0.15, -0.1) is 11.3 Å². The highest BCUT2D eigenvalue weighted by Crippen LogP contribution is 2.38. The fourth-order valence-corrected chi connectivity index (χ4v) is 5.86. The van der Waals surface area contributed by atoms with E-state index in [0.717, 1.165) is 44.0 Å². The molecule has 2 aliphatic heterocycles. The number of fused-ring (bicyclic) bond motifs is 1. The van der Waals surface area contributed by atoms with E-state index >= 15 is 0 Å². The van der Waals surface area contributed by atoms with Gasteiger partial charge in [0.1, 0.15) is 0 Å². The molecule has 2 aliphatic rings. The van der Waals surface area contributed by atoms with Crippen molar-refractivity contribution in [1.82, 2.24) is 9.80 Å². The van der Waals surface area contributed by atoms with Gasteiger partial charge < -0.3 is 14.5 Å². The standard InChI is InChI=1S/C21H27ClN2O2S/c1-2-26-21(25)24-11-7-17(8-12-24)23-9-5-15(6-10-23)19-14-27-20-13-16(22)3-4-18(19)20/h3-4,13-15,17H,2,5-12H2,1H3. The Hall–Kier alpha value is -1.30. The zero-order valence-corrected chi connectivity index (χ0v) is 17.4. The minimum absolute atomic E-state index is 0.154. The monoisotopic (exact) mass is 406 g/mol. The molecule has 27 heavy (non-hydrogen) atoms. The van der Waals surface area contributed by atoms with Gasteiger partial charge in [0.25, 0.3) is 0 Å². The maximum absolute atomic E-state index is 11.9. The van der Waals surface area contributed by atoms with E-state index in [4.69, 9.17) is 16.3 Å². The summed E-state index contributed by atoms with van der Waals surface area (Å²) >= 11 is 7.94. The normalized spacial score (nSPS) is 20.3. The summed E-state index contributed by atoms with van der Waals surface area (Å²) in [5.41, 5.74) is 1.50. The van der Waals surface area contributed by atoms with Crippen LogP contribution in [-0.2, 0) is 4.74 Å². The SMILES string of the molecule is CCOC(=O)N1CCC(N2CCC(c3csc4cc(Cl)ccc34)CC2)CC1. The fraction of sp³-hybridized carbons (Fsp3) is 0.571. The zero-order valence-electron chi connectivity index (χ0n) is 15.8. The lowest BCUT2D eigenvalue weighted by molar-refractivity contribution is 0.0664. The number of thiophene rings is 1. The second-order valence-electron chi connectivity index (χ2n) is 7.56. The van der Waals surface area contributed by atoms with E-state index in [-0.39, 0.29) is 6.09 Å². The molecule has 2 aromatic rings. The zero-order chi connectivity index (χ0) is 18.8. The number of likely N-dealkylation sites (tertiary alicyclic amines) is 2. The number of nitrogens with zero attached hydrogens (tertiary/aromatic N) is 2. The summed E-state index contributed by atoms with van der Waals surface area (Å²) in [6.45, 7) is 6.26. The van der Waals surface area contributed by atoms with Crippen LogP contribution >= 0.6 is 22.9 Å². The van der Waals surface area contributed by atoms with Crippen molar-refractivity contribution >= 4 is 39.1 Å². The number of carbonyl (C=O) groups excluding carboxylic acids is 1. The van der Waals surface area contributed by atoms with Crippen molar-refractivity contribution in [3.8, 4) is 0 Å². The van der Waals surface area contributed by atoms with E-state index in [0.29, 0.717) is 18.6 Å². The maximum Gasteiger partial charge on any atom is 0.409 e. The summed E-state index contributed by atoms with van der Waals surface area (Å²) in [5.74, 6) is 0.649. The highest BCUT2D eigenvalue weighted by atomic mass is 35.5. The lowest BCUT2D eigenvalue weighted by Crippen LogP contribution is -2.48. The largest absolute Gasteiger partial charge is 0.450 e. The predicted octanol–water partition coefficient (Wildman–Crippen LogP) is 5.36. The number of rotatable bonds is 3. The molecular weight excluding hydrogens is 380 g/mol. The van der Waals surface area contributed by atoms with Crippen LogP contribution in [0.5, 0.6) is 0 Å². The van der Waals surface area contributed by atoms with Gasteiger partial charge in [0.2, 0.25) is 0 Å². The number of hydrogen-bond acceptors (Lipinski definition) is 4. The van der Waals surface area contributed by atoms with Crippen LogP contribution in [0.3, 0.4) is 0 Å². The number of piperidine rings is 2. The Morgan fingerprint density at radius 1 is 1.19 bits per heavy atom. The number of carbonyl (C=O) groups is 1. The molecule has 1 aromatic carbocycles. The van der Waals surface area contributed by atoms with Crippen molar-refractivity contribution in [1.29, 1.82) is 0 Å². The predicted molar refractivity (Wildman–Crippen MR) is 112 cm³/mol. The molecule has 2 fully saturated rings. The van der Waals surface area contributed by atoms with Gasteiger partial charge in [0, 0.05) is 28.9 Å². The number of amides is 1. The maximum atomic E-state index is 11.9. The highest BCUT2D eigenvalue weighted by molar-refractivity contribution is 7.17. The van der Waals surface area contributed by atoms with E-state index in [1.165, 1.54) is 28.5 Å². The number of hydrogen-bond donors (Lipinski definition) is 0. The molecule has 0 unspecified atom stereocenters. The molecule has 0 bridgehead atoms. The van der Waals surface area contributed by atoms with Crippen LogP contribution in [-0.4, -0.2) is 54.7 Å². The Morgan fingerprint density at radius 2 is 1.93 bits per heavy atom. The summed E-state index contributed by atoms with van der Waals surface area (Å²) in [6, 6.07) is 6.88. The third-order valence-electron chi connectivity index (χ3n) is 6.04. The van der Waals surface area contributed by atoms with Crippen molar-refractivity contribution < 1.29 is 9.53 Å². The highest BCUT2D eigenvalue weighted by Gasteiger charge is 2.31. The Morgan fingerprint density at radius 3 is 2.63 bits per heavy atom. The van der Waals surface area contributed by atoms with Crippen LogP contribution in [0, 0.1) is 0 Å². The van der Waals surface area contributed by atoms with E-state index in [2.05, 4.69) is 22.4 Å². The minimum atomic E-state index is -0.154. The molecule has 0 spiro atoms. The minimum Gasteiger partial charge on any atom is -0.450 e. The molecule has 146 valence electrons. The van der Waals surface area contributed by atoms with Crippen LogP contribution in [0.15, 0.2) is 23.6 Å². The smallest absolute Gasteiger partial charge is 0.409 e. The number of halogens is 1. The van der Waals surface area contributed by atoms with E-state index in [1.807, 2.05) is 29.2 Å². The molecular formula is C21H27ClN2O2S. The third-order valence-corrected chi connectivity index (χ3v) is 7.24. The summed E-state index contributed by atoms with van der Waals surface area (Å²) in [7, 11) is 0. The summed E-state index contributed by atoms with van der Waals surface area (Å²) in [5, 5.41) is 4.53. The van der Waals surface area contributed by atoms with Crippen LogP contribution in [0.4, 0.5) is 4.79 Å². The molecule has 0 aliphatic carbocycles. The summed E-state index contributed by atoms with van der Waals surface area (Å²) < 4.78 is 6.42. The van der Waals surface area contributed by atoms with Gasteiger partial charge in [-0.3, -0.25) is 0 Å². The van der Waals surface area contributed by atoms with Gasteiger partial charge in [0.15, 0.2) is 0 Å². The Bertz CT molecular complexity index is 793. The fourth-order valence-electron chi connectivity index (χ4n) is 4.54. The van der Waals surface area contributed by atoms with Crippen LogP contribution in [0.25, 0.3) is 10.1 Å². The molecule has 4 nitrogen and oxygen atoms in total. The van der Waals surface area contributed by atoms with E-state index in [9.17, 15) is 4.79 Å². The first-order chi connectivity index (χ1) is 13.2. The van der Waals surface area contributed by atoms with Crippen molar-refractivity contribution in [2.45, 2.75) is 44.6 Å². The molecule has 1 amide bonds. The molecule has 6 heteroatoms. The molecule has 0 atom stereocenters. The van der Waals surface area contributed by atoms with E-state index in [1.54, 1.807) is 0 Å². The van der Waals surface area contributed by atoms with Crippen molar-refractivity contribution in [2.75, 3.05) is 32.8 Å². The Kier molecular flexibility index (Phi) is 5.90. The van der Waals surface area contributed by atoms with Gasteiger partial charge in [-0.25, -0.2) is 4.79 Å². The van der Waals surface area contributed by atoms with Crippen molar-refractivity contribution in [3.05, 3.63) is 34.2 Å². The third kappa shape index (κ3) is 4.10. The summed E-state index contributed by atoms with van der Waals surface area (Å²) in [4.78, 5) is 16.4. The molecule has 0 radical (unpaired) electrons. The summed E-state index contributed by atoms with van der Waals surface area (Å²) in [6.07, 6.45) is 4.39. The van der Waals surface area contributed by atoms with Crippen LogP contribution < -0.4 is 0 Å². The lowest BCUT2D eigenvalue weighted by atomic mass is 9.88. The molecule has 1 aromatic heterocycles. The van der Waals surface area contributed by atoms with Gasteiger partial charge >= 0.3 is 6.09 Å². The van der Waals surface area contributed by atoms with Gasteiger partial charge in [0.05, 0.1) is 6.61 Å². The first kappa shape index (κ1) is 19.0. The van der Waals surface area contributed by atoms with Gasteiger partial charge in [-0.1, -0.05) is 17.7 Å². The second kappa shape index (κ2) is 8.38.